The van der Waals surface area contributed by atoms with Crippen molar-refractivity contribution >= 4 is 0 Å². The Morgan fingerprint density at radius 1 is 1.00 bits per heavy atom. The highest BCUT2D eigenvalue weighted by Crippen LogP contribution is 2.35. The molecule has 3 nitrogen and oxygen atoms in total. The van der Waals surface area contributed by atoms with Gasteiger partial charge in [-0.25, -0.2) is 0 Å². The Balaban J connectivity index is 1.64. The summed E-state index contributed by atoms with van der Waals surface area (Å²) in [6.45, 7) is 5.81. The molecule has 2 heterocycles. The fourth-order valence-corrected chi connectivity index (χ4v) is 4.95. The van der Waals surface area contributed by atoms with E-state index < -0.39 is 0 Å². The lowest BCUT2D eigenvalue weighted by Gasteiger charge is -2.40. The van der Waals surface area contributed by atoms with Crippen LogP contribution in [0.5, 0.6) is 0 Å². The van der Waals surface area contributed by atoms with Gasteiger partial charge in [-0.1, -0.05) is 19.8 Å². The van der Waals surface area contributed by atoms with E-state index in [4.69, 9.17) is 5.73 Å². The summed E-state index contributed by atoms with van der Waals surface area (Å²) in [6.07, 6.45) is 9.82. The number of likely N-dealkylation sites (N-methyl/N-ethyl adjacent to an activating group) is 1. The number of nitrogens with two attached hydrogens (primary N) is 1. The van der Waals surface area contributed by atoms with Crippen molar-refractivity contribution in [2.24, 2.45) is 17.6 Å². The van der Waals surface area contributed by atoms with E-state index in [2.05, 4.69) is 23.8 Å². The molecule has 0 amide bonds. The molecule has 3 fully saturated rings. The largest absolute Gasteiger partial charge is 0.329 e. The maximum absolute atomic E-state index is 6.20. The molecule has 3 heteroatoms. The average Bonchev–Trinajstić information content (AvgIpc) is 2.69. The first kappa shape index (κ1) is 14.8. The molecule has 1 saturated carbocycles. The molecule has 2 bridgehead atoms. The van der Waals surface area contributed by atoms with Crippen molar-refractivity contribution in [1.82, 2.24) is 9.80 Å². The van der Waals surface area contributed by atoms with Gasteiger partial charge < -0.3 is 5.73 Å². The van der Waals surface area contributed by atoms with E-state index in [1.54, 1.807) is 0 Å². The highest BCUT2D eigenvalue weighted by atomic mass is 15.3. The van der Waals surface area contributed by atoms with Gasteiger partial charge in [0.1, 0.15) is 0 Å². The molecule has 2 aliphatic heterocycles. The third-order valence-electron chi connectivity index (χ3n) is 6.50. The van der Waals surface area contributed by atoms with Crippen molar-refractivity contribution in [3.05, 3.63) is 0 Å². The molecule has 20 heavy (non-hydrogen) atoms. The van der Waals surface area contributed by atoms with Crippen molar-refractivity contribution in [3.8, 4) is 0 Å². The number of rotatable bonds is 3. The highest BCUT2D eigenvalue weighted by Gasteiger charge is 2.38. The van der Waals surface area contributed by atoms with Crippen LogP contribution in [0.2, 0.25) is 0 Å². The van der Waals surface area contributed by atoms with Gasteiger partial charge in [-0.15, -0.1) is 0 Å². The lowest BCUT2D eigenvalue weighted by Crippen LogP contribution is -2.49. The van der Waals surface area contributed by atoms with Crippen LogP contribution < -0.4 is 5.73 Å². The molecule has 3 atom stereocenters. The summed E-state index contributed by atoms with van der Waals surface area (Å²) in [4.78, 5) is 5.41. The molecule has 0 aromatic carbocycles. The van der Waals surface area contributed by atoms with Crippen molar-refractivity contribution in [1.29, 1.82) is 0 Å². The van der Waals surface area contributed by atoms with Crippen LogP contribution in [0.3, 0.4) is 0 Å². The molecule has 0 aromatic rings. The summed E-state index contributed by atoms with van der Waals surface area (Å²) < 4.78 is 0. The van der Waals surface area contributed by atoms with E-state index in [0.29, 0.717) is 6.04 Å². The van der Waals surface area contributed by atoms with Gasteiger partial charge in [0.05, 0.1) is 0 Å². The van der Waals surface area contributed by atoms with Crippen LogP contribution >= 0.6 is 0 Å². The molecule has 2 saturated heterocycles. The first-order valence-electron chi connectivity index (χ1n) is 8.85. The smallest absolute Gasteiger partial charge is 0.0247 e. The maximum atomic E-state index is 6.20. The van der Waals surface area contributed by atoms with Crippen molar-refractivity contribution in [3.63, 3.8) is 0 Å². The first-order chi connectivity index (χ1) is 9.69. The molecule has 3 rings (SSSR count). The summed E-state index contributed by atoms with van der Waals surface area (Å²) in [7, 11) is 2.34. The third-order valence-corrected chi connectivity index (χ3v) is 6.50. The molecule has 0 spiro atoms. The van der Waals surface area contributed by atoms with Crippen LogP contribution in [-0.4, -0.2) is 54.6 Å². The van der Waals surface area contributed by atoms with E-state index in [1.165, 1.54) is 58.0 Å². The first-order valence-corrected chi connectivity index (χ1v) is 8.85. The molecule has 3 aliphatic rings. The Hall–Kier alpha value is -0.120. The number of likely N-dealkylation sites (tertiary alicyclic amines) is 1. The lowest BCUT2D eigenvalue weighted by atomic mass is 9.78. The quantitative estimate of drug-likeness (QED) is 0.860. The fourth-order valence-electron chi connectivity index (χ4n) is 4.95. The average molecular weight is 279 g/mol. The molecular formula is C17H33N3. The van der Waals surface area contributed by atoms with Gasteiger partial charge in [-0.05, 0) is 51.0 Å². The second-order valence-corrected chi connectivity index (χ2v) is 7.66. The number of fused-ring (bicyclic) bond motifs is 2. The molecular weight excluding hydrogens is 246 g/mol. The van der Waals surface area contributed by atoms with Crippen LogP contribution in [0, 0.1) is 11.8 Å². The van der Waals surface area contributed by atoms with Crippen LogP contribution in [0.15, 0.2) is 0 Å². The van der Waals surface area contributed by atoms with Gasteiger partial charge in [0.2, 0.25) is 0 Å². The third kappa shape index (κ3) is 2.90. The molecule has 1 aliphatic carbocycles. The van der Waals surface area contributed by atoms with Gasteiger partial charge in [0.15, 0.2) is 0 Å². The van der Waals surface area contributed by atoms with Gasteiger partial charge in [0, 0.05) is 37.8 Å². The van der Waals surface area contributed by atoms with Gasteiger partial charge in [0.25, 0.3) is 0 Å². The Morgan fingerprint density at radius 3 is 2.40 bits per heavy atom. The van der Waals surface area contributed by atoms with Gasteiger partial charge >= 0.3 is 0 Å². The zero-order valence-corrected chi connectivity index (χ0v) is 13.4. The second kappa shape index (κ2) is 6.33. The standard InChI is InChI=1S/C17H33N3/c1-13-3-5-14(6-4-13)17(11-18)20-10-9-15-7-8-16(12-20)19(15)2/h13-17H,3-12,18H2,1-2H3. The summed E-state index contributed by atoms with van der Waals surface area (Å²) in [5.74, 6) is 1.80. The Kier molecular flexibility index (Phi) is 4.68. The minimum absolute atomic E-state index is 0.648. The van der Waals surface area contributed by atoms with Crippen LogP contribution in [0.25, 0.3) is 0 Å². The van der Waals surface area contributed by atoms with Crippen LogP contribution in [0.4, 0.5) is 0 Å². The summed E-state index contributed by atoms with van der Waals surface area (Å²) >= 11 is 0. The predicted molar refractivity (Wildman–Crippen MR) is 84.7 cm³/mol. The SMILES string of the molecule is CC1CCC(C(CN)N2CCC3CCC(C2)N3C)CC1. The molecule has 116 valence electrons. The zero-order chi connectivity index (χ0) is 14.1. The van der Waals surface area contributed by atoms with Crippen LogP contribution in [0.1, 0.15) is 51.9 Å². The minimum atomic E-state index is 0.648. The second-order valence-electron chi connectivity index (χ2n) is 7.66. The topological polar surface area (TPSA) is 32.5 Å². The molecule has 3 unspecified atom stereocenters. The van der Waals surface area contributed by atoms with Crippen molar-refractivity contribution in [2.45, 2.75) is 70.0 Å². The van der Waals surface area contributed by atoms with Gasteiger partial charge in [-0.3, -0.25) is 9.80 Å². The monoisotopic (exact) mass is 279 g/mol. The van der Waals surface area contributed by atoms with Crippen LogP contribution in [-0.2, 0) is 0 Å². The normalized spacial score (nSPS) is 41.5. The molecule has 0 radical (unpaired) electrons. The highest BCUT2D eigenvalue weighted by molar-refractivity contribution is 4.94. The lowest BCUT2D eigenvalue weighted by molar-refractivity contribution is 0.102. The summed E-state index contributed by atoms with van der Waals surface area (Å²) in [5, 5.41) is 0. The van der Waals surface area contributed by atoms with E-state index in [-0.39, 0.29) is 0 Å². The Morgan fingerprint density at radius 2 is 1.70 bits per heavy atom. The van der Waals surface area contributed by atoms with Crippen molar-refractivity contribution in [2.75, 3.05) is 26.7 Å². The van der Waals surface area contributed by atoms with E-state index in [1.807, 2.05) is 0 Å². The number of nitrogens with zero attached hydrogens (tertiary/aromatic N) is 2. The van der Waals surface area contributed by atoms with E-state index in [0.717, 1.165) is 30.5 Å². The zero-order valence-electron chi connectivity index (χ0n) is 13.4. The van der Waals surface area contributed by atoms with Crippen molar-refractivity contribution < 1.29 is 0 Å². The Labute approximate surface area is 124 Å². The Bertz CT molecular complexity index is 311. The molecule has 0 aromatic heterocycles. The predicted octanol–water partition coefficient (Wildman–Crippen LogP) is 2.31. The van der Waals surface area contributed by atoms with E-state index >= 15 is 0 Å². The number of hydrogen-bond acceptors (Lipinski definition) is 3. The fraction of sp³-hybridized carbons (Fsp3) is 1.00. The summed E-state index contributed by atoms with van der Waals surface area (Å²) in [5.41, 5.74) is 6.20. The summed E-state index contributed by atoms with van der Waals surface area (Å²) in [6, 6.07) is 2.28. The number of hydrogen-bond donors (Lipinski definition) is 1. The van der Waals surface area contributed by atoms with E-state index in [9.17, 15) is 0 Å². The molecule has 2 N–H and O–H groups in total. The minimum Gasteiger partial charge on any atom is -0.329 e. The van der Waals surface area contributed by atoms with Gasteiger partial charge in [-0.2, -0.15) is 0 Å². The maximum Gasteiger partial charge on any atom is 0.0247 e.